The molecule has 1 saturated heterocycles. The minimum absolute atomic E-state index is 0.000584. The minimum atomic E-state index is -0.579. The van der Waals surface area contributed by atoms with Crippen molar-refractivity contribution in [1.29, 1.82) is 0 Å². The Bertz CT molecular complexity index is 1540. The van der Waals surface area contributed by atoms with Crippen molar-refractivity contribution in [1.82, 2.24) is 5.32 Å². The van der Waals surface area contributed by atoms with E-state index in [-0.39, 0.29) is 17.3 Å². The molecule has 6 nitrogen and oxygen atoms in total. The lowest BCUT2D eigenvalue weighted by Crippen LogP contribution is -2.54. The maximum absolute atomic E-state index is 13.5. The Kier molecular flexibility index (Phi) is 7.49. The van der Waals surface area contributed by atoms with Crippen LogP contribution < -0.4 is 19.7 Å². The predicted octanol–water partition coefficient (Wildman–Crippen LogP) is 6.54. The molecule has 1 heterocycles. The van der Waals surface area contributed by atoms with E-state index >= 15 is 0 Å². The van der Waals surface area contributed by atoms with Gasteiger partial charge in [0.25, 0.3) is 11.8 Å². The van der Waals surface area contributed by atoms with Gasteiger partial charge in [0.1, 0.15) is 29.4 Å². The fourth-order valence-corrected chi connectivity index (χ4v) is 4.35. The van der Waals surface area contributed by atoms with E-state index < -0.39 is 11.8 Å². The number of para-hydroxylation sites is 2. The number of carbonyl (C=O) groups is 2. The number of anilines is 1. The van der Waals surface area contributed by atoms with Gasteiger partial charge in [-0.25, -0.2) is 0 Å². The SMILES string of the molecule is O=C1NC(=S)N(c2ccc(Oc3ccccc3)cc2)C(=O)C1=Cc1ccccc1OCc1cccc(Cl)c1. The minimum Gasteiger partial charge on any atom is -0.488 e. The highest BCUT2D eigenvalue weighted by Gasteiger charge is 2.34. The van der Waals surface area contributed by atoms with E-state index in [9.17, 15) is 9.59 Å². The van der Waals surface area contributed by atoms with E-state index in [0.29, 0.717) is 33.5 Å². The number of amides is 2. The summed E-state index contributed by atoms with van der Waals surface area (Å²) in [5, 5.41) is 3.22. The molecule has 5 rings (SSSR count). The monoisotopic (exact) mass is 540 g/mol. The van der Waals surface area contributed by atoms with Crippen molar-refractivity contribution in [3.05, 3.63) is 125 Å². The zero-order valence-corrected chi connectivity index (χ0v) is 21.5. The summed E-state index contributed by atoms with van der Waals surface area (Å²) in [5.74, 6) is 0.687. The summed E-state index contributed by atoms with van der Waals surface area (Å²) in [6.45, 7) is 0.272. The Labute approximate surface area is 230 Å². The summed E-state index contributed by atoms with van der Waals surface area (Å²) in [5.41, 5.74) is 1.90. The number of nitrogens with zero attached hydrogens (tertiary/aromatic N) is 1. The molecular weight excluding hydrogens is 520 g/mol. The molecule has 0 unspecified atom stereocenters. The second kappa shape index (κ2) is 11.3. The van der Waals surface area contributed by atoms with Crippen molar-refractivity contribution in [2.75, 3.05) is 4.90 Å². The Hall–Kier alpha value is -4.46. The lowest BCUT2D eigenvalue weighted by atomic mass is 10.1. The number of hydrogen-bond donors (Lipinski definition) is 1. The molecule has 8 heteroatoms. The number of benzene rings is 4. The van der Waals surface area contributed by atoms with Crippen LogP contribution in [0.3, 0.4) is 0 Å². The Morgan fingerprint density at radius 2 is 1.55 bits per heavy atom. The summed E-state index contributed by atoms with van der Waals surface area (Å²) in [6.07, 6.45) is 1.51. The lowest BCUT2D eigenvalue weighted by Gasteiger charge is -2.29. The fourth-order valence-electron chi connectivity index (χ4n) is 3.85. The van der Waals surface area contributed by atoms with Gasteiger partial charge in [0.05, 0.1) is 5.69 Å². The molecule has 0 bridgehead atoms. The van der Waals surface area contributed by atoms with Gasteiger partial charge >= 0.3 is 0 Å². The van der Waals surface area contributed by atoms with Gasteiger partial charge in [0.2, 0.25) is 0 Å². The molecule has 0 radical (unpaired) electrons. The van der Waals surface area contributed by atoms with Crippen LogP contribution in [0.5, 0.6) is 17.2 Å². The standard InChI is InChI=1S/C30H21ClN2O4S/c31-22-9-6-7-20(17-22)19-36-27-12-5-4-8-21(27)18-26-28(34)32-30(38)33(29(26)35)23-13-15-25(16-14-23)37-24-10-2-1-3-11-24/h1-18H,19H2,(H,32,34,38). The van der Waals surface area contributed by atoms with Crippen LogP contribution >= 0.6 is 23.8 Å². The van der Waals surface area contributed by atoms with Crippen molar-refractivity contribution in [2.24, 2.45) is 0 Å². The summed E-state index contributed by atoms with van der Waals surface area (Å²) in [4.78, 5) is 27.6. The second-order valence-electron chi connectivity index (χ2n) is 8.32. The maximum Gasteiger partial charge on any atom is 0.270 e. The van der Waals surface area contributed by atoms with Crippen LogP contribution in [0.4, 0.5) is 5.69 Å². The zero-order valence-electron chi connectivity index (χ0n) is 20.0. The molecule has 0 spiro atoms. The number of thiocarbonyl (C=S) groups is 1. The van der Waals surface area contributed by atoms with E-state index in [0.717, 1.165) is 5.56 Å². The van der Waals surface area contributed by atoms with Crippen LogP contribution in [0, 0.1) is 0 Å². The molecule has 1 fully saturated rings. The molecule has 38 heavy (non-hydrogen) atoms. The van der Waals surface area contributed by atoms with E-state index in [1.807, 2.05) is 54.6 Å². The van der Waals surface area contributed by atoms with Gasteiger partial charge in [-0.2, -0.15) is 0 Å². The first-order valence-corrected chi connectivity index (χ1v) is 12.5. The average Bonchev–Trinajstić information content (AvgIpc) is 2.92. The van der Waals surface area contributed by atoms with E-state index in [4.69, 9.17) is 33.3 Å². The van der Waals surface area contributed by atoms with Crippen LogP contribution in [0.25, 0.3) is 6.08 Å². The van der Waals surface area contributed by atoms with Crippen molar-refractivity contribution >= 4 is 52.5 Å². The molecule has 1 N–H and O–H groups in total. The number of nitrogens with one attached hydrogen (secondary N) is 1. The van der Waals surface area contributed by atoms with Crippen molar-refractivity contribution in [2.45, 2.75) is 6.61 Å². The number of hydrogen-bond acceptors (Lipinski definition) is 5. The summed E-state index contributed by atoms with van der Waals surface area (Å²) in [6, 6.07) is 30.8. The summed E-state index contributed by atoms with van der Waals surface area (Å²) >= 11 is 11.4. The van der Waals surface area contributed by atoms with Crippen molar-refractivity contribution in [3.63, 3.8) is 0 Å². The Morgan fingerprint density at radius 1 is 0.842 bits per heavy atom. The molecule has 4 aromatic rings. The van der Waals surface area contributed by atoms with E-state index in [1.165, 1.54) is 11.0 Å². The molecule has 1 aliphatic rings. The normalized spacial score (nSPS) is 14.4. The first-order valence-electron chi connectivity index (χ1n) is 11.7. The lowest BCUT2D eigenvalue weighted by molar-refractivity contribution is -0.122. The predicted molar refractivity (Wildman–Crippen MR) is 151 cm³/mol. The third kappa shape index (κ3) is 5.75. The van der Waals surface area contributed by atoms with Crippen LogP contribution in [0.2, 0.25) is 5.02 Å². The zero-order chi connectivity index (χ0) is 26.5. The molecule has 1 aliphatic heterocycles. The second-order valence-corrected chi connectivity index (χ2v) is 9.15. The molecule has 0 aliphatic carbocycles. The molecule has 0 saturated carbocycles. The topological polar surface area (TPSA) is 67.9 Å². The van der Waals surface area contributed by atoms with Gasteiger partial charge < -0.3 is 9.47 Å². The van der Waals surface area contributed by atoms with Crippen LogP contribution in [-0.4, -0.2) is 16.9 Å². The van der Waals surface area contributed by atoms with Crippen molar-refractivity contribution < 1.29 is 19.1 Å². The van der Waals surface area contributed by atoms with E-state index in [1.54, 1.807) is 48.5 Å². The molecule has 4 aromatic carbocycles. The number of rotatable bonds is 7. The molecule has 2 amide bonds. The first kappa shape index (κ1) is 25.2. The third-order valence-electron chi connectivity index (χ3n) is 5.68. The average molecular weight is 541 g/mol. The third-order valence-corrected chi connectivity index (χ3v) is 6.20. The van der Waals surface area contributed by atoms with Crippen LogP contribution in [0.15, 0.2) is 109 Å². The van der Waals surface area contributed by atoms with Gasteiger partial charge in [-0.15, -0.1) is 0 Å². The highest BCUT2D eigenvalue weighted by Crippen LogP contribution is 2.28. The Balaban J connectivity index is 1.38. The fraction of sp³-hybridized carbons (Fsp3) is 0.0333. The molecule has 0 atom stereocenters. The van der Waals surface area contributed by atoms with Gasteiger partial charge in [0.15, 0.2) is 5.11 Å². The number of carbonyl (C=O) groups excluding carboxylic acids is 2. The Morgan fingerprint density at radius 3 is 2.32 bits per heavy atom. The van der Waals surface area contributed by atoms with Crippen molar-refractivity contribution in [3.8, 4) is 17.2 Å². The first-order chi connectivity index (χ1) is 18.5. The highest BCUT2D eigenvalue weighted by molar-refractivity contribution is 7.80. The maximum atomic E-state index is 13.5. The smallest absolute Gasteiger partial charge is 0.270 e. The van der Waals surface area contributed by atoms with E-state index in [2.05, 4.69) is 5.32 Å². The van der Waals surface area contributed by atoms with Crippen LogP contribution in [0.1, 0.15) is 11.1 Å². The number of halogens is 1. The van der Waals surface area contributed by atoms with Gasteiger partial charge in [-0.1, -0.05) is 60.1 Å². The number of ether oxygens (including phenoxy) is 2. The van der Waals surface area contributed by atoms with Gasteiger partial charge in [0, 0.05) is 10.6 Å². The largest absolute Gasteiger partial charge is 0.488 e. The highest BCUT2D eigenvalue weighted by atomic mass is 35.5. The van der Waals surface area contributed by atoms with Gasteiger partial charge in [-0.3, -0.25) is 19.8 Å². The molecule has 0 aromatic heterocycles. The summed E-state index contributed by atoms with van der Waals surface area (Å²) < 4.78 is 11.8. The quantitative estimate of drug-likeness (QED) is 0.164. The molecule has 188 valence electrons. The summed E-state index contributed by atoms with van der Waals surface area (Å²) in [7, 11) is 0. The van der Waals surface area contributed by atoms with Crippen LogP contribution in [-0.2, 0) is 16.2 Å². The van der Waals surface area contributed by atoms with Gasteiger partial charge in [-0.05, 0) is 78.5 Å². The molecular formula is C30H21ClN2O4S.